The number of anilines is 2. The number of carbonyl (C=O) groups is 2. The second-order valence-electron chi connectivity index (χ2n) is 6.74. The lowest BCUT2D eigenvalue weighted by Crippen LogP contribution is -2.26. The number of rotatable bonds is 6. The normalized spacial score (nSPS) is 10.5. The number of benzene rings is 2. The van der Waals surface area contributed by atoms with E-state index in [0.29, 0.717) is 23.6 Å². The van der Waals surface area contributed by atoms with Gasteiger partial charge in [0.05, 0.1) is 11.9 Å². The molecule has 30 heavy (non-hydrogen) atoms. The lowest BCUT2D eigenvalue weighted by atomic mass is 10.1. The van der Waals surface area contributed by atoms with E-state index in [4.69, 9.17) is 0 Å². The van der Waals surface area contributed by atoms with Gasteiger partial charge in [-0.2, -0.15) is 0 Å². The summed E-state index contributed by atoms with van der Waals surface area (Å²) in [5.41, 5.74) is 3.72. The Kier molecular flexibility index (Phi) is 5.70. The fourth-order valence-corrected chi connectivity index (χ4v) is 3.16. The maximum absolute atomic E-state index is 12.3. The number of para-hydroxylation sites is 2. The minimum atomic E-state index is -0.376. The Bertz CT molecular complexity index is 1150. The summed E-state index contributed by atoms with van der Waals surface area (Å²) in [6.07, 6.45) is 4.14. The Balaban J connectivity index is 1.28. The molecule has 3 amide bonds. The van der Waals surface area contributed by atoms with E-state index in [2.05, 4.69) is 32.0 Å². The number of H-pyrrole nitrogens is 1. The van der Waals surface area contributed by atoms with Gasteiger partial charge in [-0.3, -0.25) is 4.79 Å². The first-order valence-electron chi connectivity index (χ1n) is 9.61. The van der Waals surface area contributed by atoms with Gasteiger partial charge in [0.2, 0.25) is 0 Å². The number of urea groups is 1. The minimum Gasteiger partial charge on any atom is -0.361 e. The molecule has 0 aliphatic rings. The van der Waals surface area contributed by atoms with Crippen LogP contribution in [0.5, 0.6) is 0 Å². The lowest BCUT2D eigenvalue weighted by molar-refractivity contribution is 0.0949. The van der Waals surface area contributed by atoms with Crippen molar-refractivity contribution in [3.63, 3.8) is 0 Å². The first kappa shape index (κ1) is 19.2. The van der Waals surface area contributed by atoms with E-state index in [0.717, 1.165) is 22.9 Å². The molecular formula is C23H21N5O2. The van der Waals surface area contributed by atoms with E-state index in [1.807, 2.05) is 42.6 Å². The van der Waals surface area contributed by atoms with Gasteiger partial charge >= 0.3 is 6.03 Å². The fourth-order valence-electron chi connectivity index (χ4n) is 3.16. The smallest absolute Gasteiger partial charge is 0.323 e. The number of hydrogen-bond donors (Lipinski definition) is 4. The van der Waals surface area contributed by atoms with Crippen molar-refractivity contribution in [2.75, 3.05) is 17.2 Å². The number of hydrogen-bond acceptors (Lipinski definition) is 3. The lowest BCUT2D eigenvalue weighted by Gasteiger charge is -2.08. The van der Waals surface area contributed by atoms with Crippen LogP contribution in [0.15, 0.2) is 79.1 Å². The van der Waals surface area contributed by atoms with E-state index in [-0.39, 0.29) is 11.9 Å². The van der Waals surface area contributed by atoms with Crippen LogP contribution in [0.3, 0.4) is 0 Å². The molecule has 0 unspecified atom stereocenters. The highest BCUT2D eigenvalue weighted by Gasteiger charge is 2.09. The zero-order valence-electron chi connectivity index (χ0n) is 16.2. The van der Waals surface area contributed by atoms with Crippen LogP contribution in [0, 0.1) is 0 Å². The van der Waals surface area contributed by atoms with Crippen molar-refractivity contribution in [1.82, 2.24) is 15.3 Å². The van der Waals surface area contributed by atoms with Crippen LogP contribution in [-0.4, -0.2) is 28.5 Å². The number of pyridine rings is 1. The molecule has 0 saturated heterocycles. The maximum Gasteiger partial charge on any atom is 0.323 e. The summed E-state index contributed by atoms with van der Waals surface area (Å²) in [7, 11) is 0. The predicted molar refractivity (Wildman–Crippen MR) is 118 cm³/mol. The summed E-state index contributed by atoms with van der Waals surface area (Å²) in [6, 6.07) is 20.1. The van der Waals surface area contributed by atoms with Crippen LogP contribution in [0.2, 0.25) is 0 Å². The number of carbonyl (C=O) groups excluding carboxylic acids is 2. The number of nitrogens with zero attached hydrogens (tertiary/aromatic N) is 1. The second kappa shape index (κ2) is 8.91. The van der Waals surface area contributed by atoms with Crippen LogP contribution >= 0.6 is 0 Å². The topological polar surface area (TPSA) is 98.9 Å². The van der Waals surface area contributed by atoms with Gasteiger partial charge in [0.25, 0.3) is 5.91 Å². The van der Waals surface area contributed by atoms with E-state index in [9.17, 15) is 9.59 Å². The molecule has 0 aliphatic heterocycles. The number of nitrogens with one attached hydrogen (secondary N) is 4. The molecule has 150 valence electrons. The number of fused-ring (bicyclic) bond motifs is 1. The number of amides is 3. The molecule has 0 radical (unpaired) electrons. The molecule has 7 heteroatoms. The molecule has 0 spiro atoms. The Morgan fingerprint density at radius 3 is 2.43 bits per heavy atom. The third-order valence-corrected chi connectivity index (χ3v) is 4.64. The number of aromatic amines is 1. The molecule has 0 fully saturated rings. The molecular weight excluding hydrogens is 378 g/mol. The molecule has 0 aliphatic carbocycles. The van der Waals surface area contributed by atoms with Crippen molar-refractivity contribution >= 4 is 34.2 Å². The highest BCUT2D eigenvalue weighted by Crippen LogP contribution is 2.17. The monoisotopic (exact) mass is 399 g/mol. The molecule has 2 heterocycles. The van der Waals surface area contributed by atoms with Gasteiger partial charge in [0.15, 0.2) is 0 Å². The summed E-state index contributed by atoms with van der Waals surface area (Å²) in [6.45, 7) is 0.502. The summed E-state index contributed by atoms with van der Waals surface area (Å²) < 4.78 is 0. The summed E-state index contributed by atoms with van der Waals surface area (Å²) >= 11 is 0. The molecule has 2 aromatic carbocycles. The van der Waals surface area contributed by atoms with Crippen molar-refractivity contribution in [3.05, 3.63) is 90.4 Å². The van der Waals surface area contributed by atoms with Crippen LogP contribution in [0.4, 0.5) is 16.2 Å². The van der Waals surface area contributed by atoms with E-state index < -0.39 is 0 Å². The molecule has 4 N–H and O–H groups in total. The standard InChI is InChI=1S/C23H21N5O2/c29-22(24-13-12-16-14-25-20-9-5-4-8-19(16)20)21-11-10-18(15-26-21)28-23(30)27-17-6-2-1-3-7-17/h1-11,14-15,25H,12-13H2,(H,24,29)(H2,27,28,30). The van der Waals surface area contributed by atoms with E-state index in [1.54, 1.807) is 24.3 Å². The molecule has 0 atom stereocenters. The van der Waals surface area contributed by atoms with Crippen molar-refractivity contribution in [3.8, 4) is 0 Å². The van der Waals surface area contributed by atoms with Gasteiger partial charge in [-0.25, -0.2) is 9.78 Å². The minimum absolute atomic E-state index is 0.255. The van der Waals surface area contributed by atoms with E-state index in [1.165, 1.54) is 6.20 Å². The van der Waals surface area contributed by atoms with Crippen LogP contribution in [-0.2, 0) is 6.42 Å². The largest absolute Gasteiger partial charge is 0.361 e. The van der Waals surface area contributed by atoms with Gasteiger partial charge < -0.3 is 20.9 Å². The van der Waals surface area contributed by atoms with Crippen molar-refractivity contribution < 1.29 is 9.59 Å². The summed E-state index contributed by atoms with van der Waals surface area (Å²) in [5, 5.41) is 9.45. The average Bonchev–Trinajstić information content (AvgIpc) is 3.18. The Morgan fingerprint density at radius 1 is 0.867 bits per heavy atom. The SMILES string of the molecule is O=C(Nc1ccccc1)Nc1ccc(C(=O)NCCc2c[nH]c3ccccc23)nc1. The molecule has 2 aromatic heterocycles. The Labute approximate surface area is 173 Å². The Hall–Kier alpha value is -4.13. The molecule has 0 bridgehead atoms. The quantitative estimate of drug-likeness (QED) is 0.391. The first-order valence-corrected chi connectivity index (χ1v) is 9.61. The van der Waals surface area contributed by atoms with Gasteiger partial charge in [-0.05, 0) is 42.3 Å². The second-order valence-corrected chi connectivity index (χ2v) is 6.74. The molecule has 7 nitrogen and oxygen atoms in total. The average molecular weight is 399 g/mol. The predicted octanol–water partition coefficient (Wildman–Crippen LogP) is 4.18. The van der Waals surface area contributed by atoms with E-state index >= 15 is 0 Å². The van der Waals surface area contributed by atoms with Crippen molar-refractivity contribution in [2.45, 2.75) is 6.42 Å². The van der Waals surface area contributed by atoms with Crippen molar-refractivity contribution in [1.29, 1.82) is 0 Å². The van der Waals surface area contributed by atoms with Gasteiger partial charge in [-0.1, -0.05) is 36.4 Å². The molecule has 0 saturated carbocycles. The van der Waals surface area contributed by atoms with Crippen LogP contribution < -0.4 is 16.0 Å². The summed E-state index contributed by atoms with van der Waals surface area (Å²) in [5.74, 6) is -0.255. The van der Waals surface area contributed by atoms with Gasteiger partial charge in [0, 0.05) is 29.3 Å². The highest BCUT2D eigenvalue weighted by atomic mass is 16.2. The molecule has 4 rings (SSSR count). The first-order chi connectivity index (χ1) is 14.7. The third kappa shape index (κ3) is 4.64. The maximum atomic E-state index is 12.3. The zero-order chi connectivity index (χ0) is 20.8. The highest BCUT2D eigenvalue weighted by molar-refractivity contribution is 6.00. The van der Waals surface area contributed by atoms with Crippen molar-refractivity contribution in [2.24, 2.45) is 0 Å². The Morgan fingerprint density at radius 2 is 1.63 bits per heavy atom. The third-order valence-electron chi connectivity index (χ3n) is 4.64. The number of aromatic nitrogens is 2. The zero-order valence-corrected chi connectivity index (χ0v) is 16.2. The van der Waals surface area contributed by atoms with Gasteiger partial charge in [-0.15, -0.1) is 0 Å². The van der Waals surface area contributed by atoms with Gasteiger partial charge in [0.1, 0.15) is 5.69 Å². The summed E-state index contributed by atoms with van der Waals surface area (Å²) in [4.78, 5) is 31.7. The van der Waals surface area contributed by atoms with Crippen LogP contribution in [0.25, 0.3) is 10.9 Å². The molecule has 4 aromatic rings. The fraction of sp³-hybridized carbons (Fsp3) is 0.0870. The van der Waals surface area contributed by atoms with Crippen LogP contribution in [0.1, 0.15) is 16.1 Å².